The van der Waals surface area contributed by atoms with Crippen molar-refractivity contribution in [3.8, 4) is 5.75 Å². The smallest absolute Gasteiger partial charge is 0.257 e. The van der Waals surface area contributed by atoms with Gasteiger partial charge >= 0.3 is 0 Å². The van der Waals surface area contributed by atoms with E-state index in [9.17, 15) is 13.2 Å². The van der Waals surface area contributed by atoms with E-state index in [0.717, 1.165) is 6.42 Å². The minimum atomic E-state index is -3.56. The molecule has 1 unspecified atom stereocenters. The average molecular weight is 478 g/mol. The molecule has 1 amide bonds. The third kappa shape index (κ3) is 6.26. The molecule has 0 radical (unpaired) electrons. The maximum atomic E-state index is 12.7. The largest absolute Gasteiger partial charge is 0.491 e. The Bertz CT molecular complexity index is 1030. The van der Waals surface area contributed by atoms with Crippen molar-refractivity contribution in [2.24, 2.45) is 0 Å². The molecule has 0 saturated carbocycles. The number of nitrogens with zero attached hydrogens (tertiary/aromatic N) is 1. The number of morpholine rings is 1. The van der Waals surface area contributed by atoms with Crippen LogP contribution in [0, 0.1) is 0 Å². The highest BCUT2D eigenvalue weighted by molar-refractivity contribution is 7.89. The molecular formula is C22H27N3O5S2. The van der Waals surface area contributed by atoms with Crippen molar-refractivity contribution in [2.75, 3.05) is 31.6 Å². The number of rotatable bonds is 7. The molecule has 0 spiro atoms. The Labute approximate surface area is 193 Å². The standard InChI is InChI=1S/C22H27N3O5S2/c1-3-16(2)30-19-8-4-17(5-9-19)21(26)24-22(31)23-18-6-10-20(11-7-18)32(27,28)25-12-14-29-15-13-25/h4-11,16H,3,12-15H2,1-2H3,(H2,23,24,26,31). The van der Waals surface area contributed by atoms with Gasteiger partial charge in [-0.15, -0.1) is 0 Å². The highest BCUT2D eigenvalue weighted by Crippen LogP contribution is 2.19. The summed E-state index contributed by atoms with van der Waals surface area (Å²) in [6.07, 6.45) is 0.990. The summed E-state index contributed by atoms with van der Waals surface area (Å²) < 4.78 is 37.7. The zero-order chi connectivity index (χ0) is 23.1. The van der Waals surface area contributed by atoms with E-state index in [0.29, 0.717) is 43.3 Å². The minimum absolute atomic E-state index is 0.0988. The zero-order valence-corrected chi connectivity index (χ0v) is 19.7. The molecule has 1 atom stereocenters. The predicted molar refractivity (Wildman–Crippen MR) is 127 cm³/mol. The van der Waals surface area contributed by atoms with Crippen LogP contribution in [0.25, 0.3) is 0 Å². The van der Waals surface area contributed by atoms with Crippen LogP contribution in [0.2, 0.25) is 0 Å². The first-order valence-corrected chi connectivity index (χ1v) is 12.2. The van der Waals surface area contributed by atoms with E-state index in [4.69, 9.17) is 21.7 Å². The number of hydrogen-bond acceptors (Lipinski definition) is 6. The van der Waals surface area contributed by atoms with Gasteiger partial charge in [-0.2, -0.15) is 4.31 Å². The third-order valence-corrected chi connectivity index (χ3v) is 7.09. The Hall–Kier alpha value is -2.53. The number of hydrogen-bond donors (Lipinski definition) is 2. The van der Waals surface area contributed by atoms with Gasteiger partial charge in [0, 0.05) is 24.3 Å². The monoisotopic (exact) mass is 477 g/mol. The Morgan fingerprint density at radius 2 is 1.75 bits per heavy atom. The summed E-state index contributed by atoms with van der Waals surface area (Å²) in [5.74, 6) is 0.341. The molecule has 1 aliphatic heterocycles. The third-order valence-electron chi connectivity index (χ3n) is 4.98. The highest BCUT2D eigenvalue weighted by atomic mass is 32.2. The van der Waals surface area contributed by atoms with Crippen LogP contribution in [0.3, 0.4) is 0 Å². The summed E-state index contributed by atoms with van der Waals surface area (Å²) >= 11 is 5.21. The second kappa shape index (κ2) is 10.9. The summed E-state index contributed by atoms with van der Waals surface area (Å²) in [6.45, 7) is 5.47. The molecule has 0 aliphatic carbocycles. The molecule has 8 nitrogen and oxygen atoms in total. The van der Waals surface area contributed by atoms with E-state index in [1.54, 1.807) is 36.4 Å². The molecule has 0 aromatic heterocycles. The van der Waals surface area contributed by atoms with Gasteiger partial charge in [0.2, 0.25) is 10.0 Å². The Morgan fingerprint density at radius 3 is 2.34 bits per heavy atom. The zero-order valence-electron chi connectivity index (χ0n) is 18.0. The molecule has 0 bridgehead atoms. The van der Waals surface area contributed by atoms with Gasteiger partial charge in [-0.25, -0.2) is 8.42 Å². The topological polar surface area (TPSA) is 97.0 Å². The summed E-state index contributed by atoms with van der Waals surface area (Å²) in [7, 11) is -3.56. The first-order valence-electron chi connectivity index (χ1n) is 10.4. The van der Waals surface area contributed by atoms with Gasteiger partial charge in [-0.05, 0) is 74.1 Å². The van der Waals surface area contributed by atoms with Crippen molar-refractivity contribution in [3.05, 3.63) is 54.1 Å². The number of carbonyl (C=O) groups is 1. The van der Waals surface area contributed by atoms with Gasteiger partial charge < -0.3 is 14.8 Å². The lowest BCUT2D eigenvalue weighted by molar-refractivity contribution is 0.0730. The maximum absolute atomic E-state index is 12.7. The summed E-state index contributed by atoms with van der Waals surface area (Å²) in [6, 6.07) is 13.0. The van der Waals surface area contributed by atoms with Crippen molar-refractivity contribution < 1.29 is 22.7 Å². The van der Waals surface area contributed by atoms with E-state index in [2.05, 4.69) is 10.6 Å². The van der Waals surface area contributed by atoms with E-state index in [-0.39, 0.29) is 22.0 Å². The van der Waals surface area contributed by atoms with Crippen LogP contribution in [0.5, 0.6) is 5.75 Å². The van der Waals surface area contributed by atoms with Crippen molar-refractivity contribution in [2.45, 2.75) is 31.3 Å². The molecule has 2 aromatic rings. The average Bonchev–Trinajstić information content (AvgIpc) is 2.80. The van der Waals surface area contributed by atoms with Crippen LogP contribution < -0.4 is 15.4 Å². The van der Waals surface area contributed by atoms with Crippen molar-refractivity contribution in [1.82, 2.24) is 9.62 Å². The van der Waals surface area contributed by atoms with Crippen LogP contribution in [-0.2, 0) is 14.8 Å². The number of nitrogens with one attached hydrogen (secondary N) is 2. The molecule has 172 valence electrons. The van der Waals surface area contributed by atoms with Crippen LogP contribution in [-0.4, -0.2) is 56.1 Å². The number of sulfonamides is 1. The Kier molecular flexibility index (Phi) is 8.19. The Balaban J connectivity index is 1.56. The van der Waals surface area contributed by atoms with E-state index in [1.807, 2.05) is 13.8 Å². The number of anilines is 1. The SMILES string of the molecule is CCC(C)Oc1ccc(C(=O)NC(=S)Nc2ccc(S(=O)(=O)N3CCOCC3)cc2)cc1. The van der Waals surface area contributed by atoms with Gasteiger partial charge in [-0.1, -0.05) is 6.92 Å². The maximum Gasteiger partial charge on any atom is 0.257 e. The lowest BCUT2D eigenvalue weighted by Gasteiger charge is -2.26. The van der Waals surface area contributed by atoms with Crippen molar-refractivity contribution >= 4 is 38.9 Å². The number of carbonyl (C=O) groups excluding carboxylic acids is 1. The lowest BCUT2D eigenvalue weighted by atomic mass is 10.2. The van der Waals surface area contributed by atoms with E-state index < -0.39 is 10.0 Å². The molecule has 1 heterocycles. The van der Waals surface area contributed by atoms with Crippen molar-refractivity contribution in [3.63, 3.8) is 0 Å². The fraction of sp³-hybridized carbons (Fsp3) is 0.364. The number of ether oxygens (including phenoxy) is 2. The van der Waals surface area contributed by atoms with Crippen LogP contribution >= 0.6 is 12.2 Å². The first-order chi connectivity index (χ1) is 15.3. The van der Waals surface area contributed by atoms with Crippen LogP contribution in [0.15, 0.2) is 53.4 Å². The van der Waals surface area contributed by atoms with Crippen LogP contribution in [0.1, 0.15) is 30.6 Å². The van der Waals surface area contributed by atoms with Gasteiger partial charge in [0.05, 0.1) is 24.2 Å². The molecule has 3 rings (SSSR count). The van der Waals surface area contributed by atoms with Gasteiger partial charge in [-0.3, -0.25) is 10.1 Å². The van der Waals surface area contributed by atoms with Crippen molar-refractivity contribution in [1.29, 1.82) is 0 Å². The lowest BCUT2D eigenvalue weighted by Crippen LogP contribution is -2.40. The number of amides is 1. The van der Waals surface area contributed by atoms with E-state index in [1.165, 1.54) is 16.4 Å². The summed E-state index contributed by atoms with van der Waals surface area (Å²) in [5, 5.41) is 5.62. The van der Waals surface area contributed by atoms with Gasteiger partial charge in [0.1, 0.15) is 5.75 Å². The molecule has 32 heavy (non-hydrogen) atoms. The highest BCUT2D eigenvalue weighted by Gasteiger charge is 2.26. The Morgan fingerprint density at radius 1 is 1.12 bits per heavy atom. The normalized spacial score (nSPS) is 15.6. The molecule has 1 saturated heterocycles. The minimum Gasteiger partial charge on any atom is -0.491 e. The van der Waals surface area contributed by atoms with Gasteiger partial charge in [0.25, 0.3) is 5.91 Å². The molecule has 2 N–H and O–H groups in total. The molecular weight excluding hydrogens is 450 g/mol. The number of thiocarbonyl (C=S) groups is 1. The molecule has 10 heteroatoms. The fourth-order valence-corrected chi connectivity index (χ4v) is 4.60. The second-order valence-electron chi connectivity index (χ2n) is 7.31. The second-order valence-corrected chi connectivity index (χ2v) is 9.66. The number of benzene rings is 2. The molecule has 1 aliphatic rings. The molecule has 2 aromatic carbocycles. The van der Waals surface area contributed by atoms with Crippen LogP contribution in [0.4, 0.5) is 5.69 Å². The quantitative estimate of drug-likeness (QED) is 0.592. The van der Waals surface area contributed by atoms with E-state index >= 15 is 0 Å². The summed E-state index contributed by atoms with van der Waals surface area (Å²) in [4.78, 5) is 12.6. The first kappa shape index (κ1) is 24.1. The fourth-order valence-electron chi connectivity index (χ4n) is 2.98. The van der Waals surface area contributed by atoms with Gasteiger partial charge in [0.15, 0.2) is 5.11 Å². The summed E-state index contributed by atoms with van der Waals surface area (Å²) in [5.41, 5.74) is 1.01. The predicted octanol–water partition coefficient (Wildman–Crippen LogP) is 3.01. The molecule has 1 fully saturated rings.